The van der Waals surface area contributed by atoms with Gasteiger partial charge in [0, 0.05) is 15.1 Å². The van der Waals surface area contributed by atoms with Gasteiger partial charge >= 0.3 is 0 Å². The van der Waals surface area contributed by atoms with Gasteiger partial charge in [-0.25, -0.2) is 4.98 Å². The fourth-order valence-corrected chi connectivity index (χ4v) is 2.26. The summed E-state index contributed by atoms with van der Waals surface area (Å²) in [6, 6.07) is 9.77. The van der Waals surface area contributed by atoms with Crippen LogP contribution in [-0.2, 0) is 0 Å². The summed E-state index contributed by atoms with van der Waals surface area (Å²) >= 11 is 10.4. The zero-order valence-electron chi connectivity index (χ0n) is 8.05. The molecule has 1 heterocycles. The number of aromatic nitrogens is 1. The number of nitrogens with one attached hydrogen (secondary N) is 1. The van der Waals surface area contributed by atoms with Crippen molar-refractivity contribution in [2.24, 2.45) is 0 Å². The fourth-order valence-electron chi connectivity index (χ4n) is 1.20. The molecule has 0 amide bonds. The standard InChI is InChI=1S/C11H7Br3N2/c12-7-3-4-8(13)10(6-7)16-11-9(14)2-1-5-15-11/h1-6H,(H,15,16). The Bertz CT molecular complexity index is 514. The van der Waals surface area contributed by atoms with Gasteiger partial charge < -0.3 is 5.32 Å². The summed E-state index contributed by atoms with van der Waals surface area (Å²) in [5.41, 5.74) is 0.966. The lowest BCUT2D eigenvalue weighted by atomic mass is 10.3. The van der Waals surface area contributed by atoms with Crippen LogP contribution in [0.3, 0.4) is 0 Å². The van der Waals surface area contributed by atoms with Crippen LogP contribution < -0.4 is 5.32 Å². The van der Waals surface area contributed by atoms with E-state index in [1.54, 1.807) is 6.20 Å². The molecule has 0 radical (unpaired) electrons. The average Bonchev–Trinajstić information content (AvgIpc) is 2.27. The summed E-state index contributed by atoms with van der Waals surface area (Å²) in [7, 11) is 0. The first-order chi connectivity index (χ1) is 7.66. The van der Waals surface area contributed by atoms with E-state index >= 15 is 0 Å². The van der Waals surface area contributed by atoms with Gasteiger partial charge in [0.25, 0.3) is 0 Å². The third-order valence-corrected chi connectivity index (χ3v) is 3.76. The molecule has 0 saturated heterocycles. The van der Waals surface area contributed by atoms with E-state index in [0.29, 0.717) is 0 Å². The van der Waals surface area contributed by atoms with E-state index in [2.05, 4.69) is 58.1 Å². The van der Waals surface area contributed by atoms with Crippen molar-refractivity contribution in [2.75, 3.05) is 5.32 Å². The summed E-state index contributed by atoms with van der Waals surface area (Å²) in [4.78, 5) is 4.25. The third-order valence-electron chi connectivity index (χ3n) is 1.94. The Morgan fingerprint density at radius 2 is 1.81 bits per heavy atom. The molecule has 0 aliphatic carbocycles. The predicted molar refractivity (Wildman–Crippen MR) is 77.1 cm³/mol. The van der Waals surface area contributed by atoms with Crippen LogP contribution in [0.15, 0.2) is 49.9 Å². The van der Waals surface area contributed by atoms with Gasteiger partial charge in [0.1, 0.15) is 5.82 Å². The van der Waals surface area contributed by atoms with E-state index in [1.807, 2.05) is 30.3 Å². The summed E-state index contributed by atoms with van der Waals surface area (Å²) in [5.74, 6) is 0.793. The monoisotopic (exact) mass is 404 g/mol. The molecule has 0 atom stereocenters. The molecule has 1 aromatic heterocycles. The zero-order valence-corrected chi connectivity index (χ0v) is 12.8. The van der Waals surface area contributed by atoms with Gasteiger partial charge in [-0.2, -0.15) is 0 Å². The second-order valence-corrected chi connectivity index (χ2v) is 5.71. The zero-order chi connectivity index (χ0) is 11.5. The smallest absolute Gasteiger partial charge is 0.144 e. The molecule has 0 bridgehead atoms. The molecule has 1 aromatic carbocycles. The van der Waals surface area contributed by atoms with Crippen LogP contribution in [0.5, 0.6) is 0 Å². The van der Waals surface area contributed by atoms with E-state index in [-0.39, 0.29) is 0 Å². The Morgan fingerprint density at radius 1 is 1.00 bits per heavy atom. The maximum atomic E-state index is 4.25. The van der Waals surface area contributed by atoms with E-state index in [9.17, 15) is 0 Å². The van der Waals surface area contributed by atoms with Crippen molar-refractivity contribution in [1.82, 2.24) is 4.98 Å². The SMILES string of the molecule is Brc1ccc(Br)c(Nc2ncccc2Br)c1. The minimum Gasteiger partial charge on any atom is -0.338 e. The summed E-state index contributed by atoms with van der Waals surface area (Å²) in [6.07, 6.45) is 1.75. The number of hydrogen-bond donors (Lipinski definition) is 1. The molecule has 2 aromatic rings. The summed E-state index contributed by atoms with van der Waals surface area (Å²) in [6.45, 7) is 0. The number of hydrogen-bond acceptors (Lipinski definition) is 2. The normalized spacial score (nSPS) is 10.2. The number of rotatable bonds is 2. The van der Waals surface area contributed by atoms with Gasteiger partial charge in [-0.05, 0) is 62.2 Å². The Balaban J connectivity index is 2.34. The molecular weight excluding hydrogens is 400 g/mol. The van der Waals surface area contributed by atoms with Gasteiger partial charge in [0.15, 0.2) is 0 Å². The molecular formula is C11H7Br3N2. The van der Waals surface area contributed by atoms with Gasteiger partial charge in [0.2, 0.25) is 0 Å². The van der Waals surface area contributed by atoms with Crippen LogP contribution in [0.1, 0.15) is 0 Å². The predicted octanol–water partition coefficient (Wildman–Crippen LogP) is 5.11. The molecule has 2 nitrogen and oxygen atoms in total. The van der Waals surface area contributed by atoms with Crippen molar-refractivity contribution < 1.29 is 0 Å². The van der Waals surface area contributed by atoms with Crippen LogP contribution in [0.2, 0.25) is 0 Å². The number of anilines is 2. The van der Waals surface area contributed by atoms with Crippen molar-refractivity contribution in [3.8, 4) is 0 Å². The van der Waals surface area contributed by atoms with Crippen LogP contribution in [0, 0.1) is 0 Å². The van der Waals surface area contributed by atoms with Crippen molar-refractivity contribution in [1.29, 1.82) is 0 Å². The Hall–Kier alpha value is -0.390. The molecule has 2 rings (SSSR count). The van der Waals surface area contributed by atoms with Crippen LogP contribution in [-0.4, -0.2) is 4.98 Å². The van der Waals surface area contributed by atoms with Gasteiger partial charge in [-0.1, -0.05) is 15.9 Å². The largest absolute Gasteiger partial charge is 0.338 e. The van der Waals surface area contributed by atoms with Crippen molar-refractivity contribution in [3.05, 3.63) is 49.9 Å². The first-order valence-electron chi connectivity index (χ1n) is 4.49. The quantitative estimate of drug-likeness (QED) is 0.749. The lowest BCUT2D eigenvalue weighted by Gasteiger charge is -2.09. The molecule has 0 aliphatic rings. The molecule has 0 saturated carbocycles. The molecule has 0 spiro atoms. The maximum absolute atomic E-state index is 4.25. The van der Waals surface area contributed by atoms with E-state index in [4.69, 9.17) is 0 Å². The van der Waals surface area contributed by atoms with Crippen LogP contribution >= 0.6 is 47.8 Å². The second-order valence-electron chi connectivity index (χ2n) is 3.08. The molecule has 5 heteroatoms. The Morgan fingerprint density at radius 3 is 2.56 bits per heavy atom. The molecule has 16 heavy (non-hydrogen) atoms. The number of halogens is 3. The third kappa shape index (κ3) is 2.84. The molecule has 0 fully saturated rings. The molecule has 82 valence electrons. The van der Waals surface area contributed by atoms with E-state index in [1.165, 1.54) is 0 Å². The topological polar surface area (TPSA) is 24.9 Å². The highest BCUT2D eigenvalue weighted by molar-refractivity contribution is 9.11. The number of pyridine rings is 1. The summed E-state index contributed by atoms with van der Waals surface area (Å²) in [5, 5.41) is 3.25. The maximum Gasteiger partial charge on any atom is 0.144 e. The van der Waals surface area contributed by atoms with Crippen molar-refractivity contribution in [2.45, 2.75) is 0 Å². The van der Waals surface area contributed by atoms with Crippen molar-refractivity contribution in [3.63, 3.8) is 0 Å². The number of benzene rings is 1. The first kappa shape index (κ1) is 12.1. The highest BCUT2D eigenvalue weighted by Gasteiger charge is 2.04. The fraction of sp³-hybridized carbons (Fsp3) is 0. The average molecular weight is 407 g/mol. The molecule has 0 aliphatic heterocycles. The van der Waals surface area contributed by atoms with Gasteiger partial charge in [0.05, 0.1) is 10.2 Å². The molecule has 0 unspecified atom stereocenters. The molecule has 1 N–H and O–H groups in total. The number of nitrogens with zero attached hydrogens (tertiary/aromatic N) is 1. The van der Waals surface area contributed by atoms with Crippen LogP contribution in [0.25, 0.3) is 0 Å². The van der Waals surface area contributed by atoms with Crippen molar-refractivity contribution >= 4 is 59.3 Å². The van der Waals surface area contributed by atoms with E-state index in [0.717, 1.165) is 24.9 Å². The first-order valence-corrected chi connectivity index (χ1v) is 6.87. The van der Waals surface area contributed by atoms with Crippen LogP contribution in [0.4, 0.5) is 11.5 Å². The lowest BCUT2D eigenvalue weighted by molar-refractivity contribution is 1.29. The second kappa shape index (κ2) is 5.29. The lowest BCUT2D eigenvalue weighted by Crippen LogP contribution is -1.94. The van der Waals surface area contributed by atoms with Gasteiger partial charge in [-0.3, -0.25) is 0 Å². The Kier molecular flexibility index (Phi) is 4.00. The Labute approximate surface area is 119 Å². The summed E-state index contributed by atoms with van der Waals surface area (Å²) < 4.78 is 2.94. The minimum absolute atomic E-state index is 0.793. The highest BCUT2D eigenvalue weighted by Crippen LogP contribution is 2.30. The minimum atomic E-state index is 0.793. The van der Waals surface area contributed by atoms with Gasteiger partial charge in [-0.15, -0.1) is 0 Å². The highest BCUT2D eigenvalue weighted by atomic mass is 79.9. The van der Waals surface area contributed by atoms with E-state index < -0.39 is 0 Å².